The molecule has 0 spiro atoms. The zero-order valence-corrected chi connectivity index (χ0v) is 13.0. The van der Waals surface area contributed by atoms with Gasteiger partial charge in [0.1, 0.15) is 0 Å². The second kappa shape index (κ2) is 6.66. The molecule has 2 rings (SSSR count). The Morgan fingerprint density at radius 2 is 2.05 bits per heavy atom. The molecule has 0 aliphatic heterocycles. The molecule has 4 heteroatoms. The average Bonchev–Trinajstić information content (AvgIpc) is 2.85. The molecule has 0 unspecified atom stereocenters. The van der Waals surface area contributed by atoms with Crippen molar-refractivity contribution in [2.75, 3.05) is 11.4 Å². The van der Waals surface area contributed by atoms with E-state index in [1.165, 1.54) is 16.9 Å². The predicted octanol–water partition coefficient (Wildman–Crippen LogP) is 4.37. The minimum atomic E-state index is 0.758. The number of carbonyl (C=O) groups is 1. The van der Waals surface area contributed by atoms with E-state index in [1.807, 2.05) is 12.1 Å². The van der Waals surface area contributed by atoms with Gasteiger partial charge in [0.05, 0.1) is 10.6 Å². The van der Waals surface area contributed by atoms with Crippen molar-refractivity contribution in [3.8, 4) is 0 Å². The molecule has 0 bridgehead atoms. The van der Waals surface area contributed by atoms with Gasteiger partial charge in [-0.2, -0.15) is 0 Å². The number of aryl methyl sites for hydroxylation is 2. The molecule has 0 amide bonds. The number of anilines is 2. The Morgan fingerprint density at radius 3 is 2.65 bits per heavy atom. The summed E-state index contributed by atoms with van der Waals surface area (Å²) in [5.74, 6) is 0. The van der Waals surface area contributed by atoms with Crippen LogP contribution in [0.5, 0.6) is 0 Å². The lowest BCUT2D eigenvalue weighted by molar-refractivity contribution is 0.112. The van der Waals surface area contributed by atoms with Crippen molar-refractivity contribution in [3.63, 3.8) is 0 Å². The number of carbonyl (C=O) groups excluding carboxylic acids is 1. The van der Waals surface area contributed by atoms with Gasteiger partial charge < -0.3 is 4.90 Å². The number of aldehydes is 1. The number of hydrogen-bond donors (Lipinski definition) is 0. The molecular formula is C16H20N2OS. The molecule has 1 heterocycles. The fourth-order valence-electron chi connectivity index (χ4n) is 2.25. The van der Waals surface area contributed by atoms with Crippen LogP contribution >= 0.6 is 11.3 Å². The Balaban J connectivity index is 2.42. The zero-order valence-electron chi connectivity index (χ0n) is 12.2. The molecule has 3 nitrogen and oxygen atoms in total. The van der Waals surface area contributed by atoms with Crippen LogP contribution in [0.1, 0.15) is 41.2 Å². The van der Waals surface area contributed by atoms with Gasteiger partial charge in [0.2, 0.25) is 0 Å². The molecule has 0 saturated carbocycles. The molecule has 0 aliphatic rings. The summed E-state index contributed by atoms with van der Waals surface area (Å²) in [5, 5.41) is 0.910. The summed E-state index contributed by atoms with van der Waals surface area (Å²) < 4.78 is 0. The second-order valence-electron chi connectivity index (χ2n) is 4.71. The van der Waals surface area contributed by atoms with E-state index in [0.29, 0.717) is 0 Å². The summed E-state index contributed by atoms with van der Waals surface area (Å²) >= 11 is 1.48. The van der Waals surface area contributed by atoms with Crippen LogP contribution in [0, 0.1) is 6.92 Å². The second-order valence-corrected chi connectivity index (χ2v) is 5.72. The topological polar surface area (TPSA) is 33.2 Å². The maximum Gasteiger partial charge on any atom is 0.190 e. The van der Waals surface area contributed by atoms with E-state index in [2.05, 4.69) is 42.8 Å². The molecule has 106 valence electrons. The third-order valence-electron chi connectivity index (χ3n) is 3.26. The van der Waals surface area contributed by atoms with E-state index < -0.39 is 0 Å². The summed E-state index contributed by atoms with van der Waals surface area (Å²) in [7, 11) is 0. The Labute approximate surface area is 124 Å². The normalized spacial score (nSPS) is 10.6. The maximum atomic E-state index is 11.2. The van der Waals surface area contributed by atoms with Gasteiger partial charge in [0.15, 0.2) is 11.4 Å². The summed E-state index contributed by atoms with van der Waals surface area (Å²) in [5.41, 5.74) is 3.30. The van der Waals surface area contributed by atoms with E-state index in [0.717, 1.165) is 47.1 Å². The molecule has 0 radical (unpaired) electrons. The molecule has 0 aliphatic carbocycles. The van der Waals surface area contributed by atoms with Crippen molar-refractivity contribution in [1.82, 2.24) is 4.98 Å². The Kier molecular flexibility index (Phi) is 4.90. The highest BCUT2D eigenvalue weighted by Crippen LogP contribution is 2.33. The number of benzene rings is 1. The quantitative estimate of drug-likeness (QED) is 0.740. The standard InChI is InChI=1S/C16H20N2OS/c1-4-8-13-15(11-19)20-16(17-13)18(5-2)14-10-7-6-9-12(14)3/h6-7,9-11H,4-5,8H2,1-3H3. The van der Waals surface area contributed by atoms with Crippen LogP contribution in [0.25, 0.3) is 0 Å². The van der Waals surface area contributed by atoms with Crippen LogP contribution in [0.15, 0.2) is 24.3 Å². The monoisotopic (exact) mass is 288 g/mol. The Hall–Kier alpha value is -1.68. The van der Waals surface area contributed by atoms with Crippen molar-refractivity contribution >= 4 is 28.4 Å². The maximum absolute atomic E-state index is 11.2. The van der Waals surface area contributed by atoms with Gasteiger partial charge in [-0.05, 0) is 31.9 Å². The molecule has 0 atom stereocenters. The van der Waals surface area contributed by atoms with Gasteiger partial charge in [-0.3, -0.25) is 4.79 Å². The van der Waals surface area contributed by atoms with Gasteiger partial charge in [0, 0.05) is 12.2 Å². The summed E-state index contributed by atoms with van der Waals surface area (Å²) in [6, 6.07) is 8.26. The van der Waals surface area contributed by atoms with Crippen LogP contribution in [0.4, 0.5) is 10.8 Å². The highest BCUT2D eigenvalue weighted by atomic mass is 32.1. The molecule has 20 heavy (non-hydrogen) atoms. The smallest absolute Gasteiger partial charge is 0.190 e. The fourth-order valence-corrected chi connectivity index (χ4v) is 3.25. The lowest BCUT2D eigenvalue weighted by atomic mass is 10.2. The van der Waals surface area contributed by atoms with Gasteiger partial charge in [0.25, 0.3) is 0 Å². The number of thiazole rings is 1. The summed E-state index contributed by atoms with van der Waals surface area (Å²) in [4.78, 5) is 18.8. The van der Waals surface area contributed by atoms with Crippen molar-refractivity contribution in [2.45, 2.75) is 33.6 Å². The first-order valence-electron chi connectivity index (χ1n) is 6.99. The van der Waals surface area contributed by atoms with E-state index in [9.17, 15) is 4.79 Å². The summed E-state index contributed by atoms with van der Waals surface area (Å²) in [6.45, 7) is 7.14. The third kappa shape index (κ3) is 2.90. The van der Waals surface area contributed by atoms with E-state index >= 15 is 0 Å². The first kappa shape index (κ1) is 14.7. The van der Waals surface area contributed by atoms with Gasteiger partial charge in [-0.15, -0.1) is 0 Å². The van der Waals surface area contributed by atoms with Crippen LogP contribution in [-0.4, -0.2) is 17.8 Å². The van der Waals surface area contributed by atoms with Crippen molar-refractivity contribution < 1.29 is 4.79 Å². The number of para-hydroxylation sites is 1. The molecule has 0 saturated heterocycles. The molecule has 0 fully saturated rings. The third-order valence-corrected chi connectivity index (χ3v) is 4.31. The van der Waals surface area contributed by atoms with Crippen LogP contribution < -0.4 is 4.90 Å². The Morgan fingerprint density at radius 1 is 1.30 bits per heavy atom. The van der Waals surface area contributed by atoms with E-state index in [4.69, 9.17) is 0 Å². The van der Waals surface area contributed by atoms with Crippen molar-refractivity contribution in [2.24, 2.45) is 0 Å². The van der Waals surface area contributed by atoms with Crippen molar-refractivity contribution in [3.05, 3.63) is 40.4 Å². The van der Waals surface area contributed by atoms with Gasteiger partial charge >= 0.3 is 0 Å². The first-order valence-corrected chi connectivity index (χ1v) is 7.80. The predicted molar refractivity (Wildman–Crippen MR) is 85.4 cm³/mol. The van der Waals surface area contributed by atoms with Crippen LogP contribution in [0.2, 0.25) is 0 Å². The average molecular weight is 288 g/mol. The Bertz CT molecular complexity index is 592. The lowest BCUT2D eigenvalue weighted by Gasteiger charge is -2.21. The lowest BCUT2D eigenvalue weighted by Crippen LogP contribution is -2.16. The number of rotatable bonds is 6. The molecule has 1 aromatic heterocycles. The van der Waals surface area contributed by atoms with Gasteiger partial charge in [-0.25, -0.2) is 4.98 Å². The minimum Gasteiger partial charge on any atom is -0.318 e. The highest BCUT2D eigenvalue weighted by Gasteiger charge is 2.17. The minimum absolute atomic E-state index is 0.758. The highest BCUT2D eigenvalue weighted by molar-refractivity contribution is 7.17. The zero-order chi connectivity index (χ0) is 14.5. The first-order chi connectivity index (χ1) is 9.71. The van der Waals surface area contributed by atoms with Crippen LogP contribution in [0.3, 0.4) is 0 Å². The molecule has 2 aromatic rings. The largest absolute Gasteiger partial charge is 0.318 e. The molecule has 0 N–H and O–H groups in total. The molecular weight excluding hydrogens is 268 g/mol. The van der Waals surface area contributed by atoms with Crippen LogP contribution in [-0.2, 0) is 6.42 Å². The number of aromatic nitrogens is 1. The SMILES string of the molecule is CCCc1nc(N(CC)c2ccccc2C)sc1C=O. The number of nitrogens with zero attached hydrogens (tertiary/aromatic N) is 2. The fraction of sp³-hybridized carbons (Fsp3) is 0.375. The van der Waals surface area contributed by atoms with E-state index in [1.54, 1.807) is 0 Å². The van der Waals surface area contributed by atoms with Gasteiger partial charge in [-0.1, -0.05) is 42.9 Å². The molecule has 1 aromatic carbocycles. The summed E-state index contributed by atoms with van der Waals surface area (Å²) in [6.07, 6.45) is 2.79. The number of hydrogen-bond acceptors (Lipinski definition) is 4. The van der Waals surface area contributed by atoms with Crippen molar-refractivity contribution in [1.29, 1.82) is 0 Å². The van der Waals surface area contributed by atoms with E-state index in [-0.39, 0.29) is 0 Å².